The summed E-state index contributed by atoms with van der Waals surface area (Å²) >= 11 is 0. The number of carbonyl (C=O) groups excluding carboxylic acids is 1. The van der Waals surface area contributed by atoms with Gasteiger partial charge < -0.3 is 9.47 Å². The van der Waals surface area contributed by atoms with Crippen molar-refractivity contribution in [3.05, 3.63) is 48.6 Å². The highest BCUT2D eigenvalue weighted by atomic mass is 16.5. The Morgan fingerprint density at radius 2 is 2.21 bits per heavy atom. The molecule has 0 radical (unpaired) electrons. The van der Waals surface area contributed by atoms with Crippen LogP contribution in [0.2, 0.25) is 0 Å². The Morgan fingerprint density at radius 1 is 1.42 bits per heavy atom. The third-order valence-electron chi connectivity index (χ3n) is 2.54. The second-order valence-electron chi connectivity index (χ2n) is 3.67. The minimum atomic E-state index is -0.568. The Morgan fingerprint density at radius 3 is 2.79 bits per heavy atom. The number of aromatic nitrogens is 1. The van der Waals surface area contributed by atoms with Gasteiger partial charge in [0, 0.05) is 11.8 Å². The van der Waals surface area contributed by atoms with E-state index in [0.717, 1.165) is 0 Å². The van der Waals surface area contributed by atoms with Gasteiger partial charge in [0.1, 0.15) is 5.76 Å². The average molecular weight is 259 g/mol. The van der Waals surface area contributed by atoms with Gasteiger partial charge in [-0.25, -0.2) is 9.80 Å². The minimum Gasteiger partial charge on any atom is -0.494 e. The molecule has 0 spiro atoms. The molecule has 0 N–H and O–H groups in total. The fourth-order valence-electron chi connectivity index (χ4n) is 1.56. The summed E-state index contributed by atoms with van der Waals surface area (Å²) in [5.74, 6) is -0.124. The number of allylic oxidation sites excluding steroid dienone is 1. The van der Waals surface area contributed by atoms with Crippen LogP contribution in [-0.4, -0.2) is 30.9 Å². The highest BCUT2D eigenvalue weighted by molar-refractivity contribution is 6.44. The molecule has 2 heterocycles. The van der Waals surface area contributed by atoms with Gasteiger partial charge in [0.15, 0.2) is 5.71 Å². The summed E-state index contributed by atoms with van der Waals surface area (Å²) < 4.78 is 9.87. The van der Waals surface area contributed by atoms with E-state index in [0.29, 0.717) is 17.0 Å². The first-order chi connectivity index (χ1) is 9.17. The standard InChI is InChI=1S/C13H13N3O3/c1-9-11(18-2)8-16(10-5-4-6-14-7-10)15-12(9)13(17)19-3/h4-8H,1H2,2-3H3. The molecule has 1 aliphatic rings. The molecule has 6 nitrogen and oxygen atoms in total. The summed E-state index contributed by atoms with van der Waals surface area (Å²) in [5.41, 5.74) is 1.19. The lowest BCUT2D eigenvalue weighted by atomic mass is 10.1. The van der Waals surface area contributed by atoms with Crippen LogP contribution in [0.25, 0.3) is 0 Å². The van der Waals surface area contributed by atoms with E-state index in [1.807, 2.05) is 6.07 Å². The van der Waals surface area contributed by atoms with Crippen molar-refractivity contribution in [3.8, 4) is 0 Å². The van der Waals surface area contributed by atoms with Crippen LogP contribution in [0.1, 0.15) is 0 Å². The van der Waals surface area contributed by atoms with Crippen molar-refractivity contribution in [3.63, 3.8) is 0 Å². The summed E-state index contributed by atoms with van der Waals surface area (Å²) in [7, 11) is 2.79. The Balaban J connectivity index is 2.43. The predicted molar refractivity (Wildman–Crippen MR) is 70.4 cm³/mol. The molecule has 0 unspecified atom stereocenters. The van der Waals surface area contributed by atoms with Gasteiger partial charge in [-0.1, -0.05) is 6.58 Å². The lowest BCUT2D eigenvalue weighted by molar-refractivity contribution is -0.132. The molecule has 1 aromatic heterocycles. The molecular formula is C13H13N3O3. The molecule has 0 atom stereocenters. The third kappa shape index (κ3) is 2.47. The first-order valence-electron chi connectivity index (χ1n) is 5.49. The van der Waals surface area contributed by atoms with Gasteiger partial charge in [-0.3, -0.25) is 4.98 Å². The van der Waals surface area contributed by atoms with Crippen molar-refractivity contribution in [2.24, 2.45) is 5.10 Å². The van der Waals surface area contributed by atoms with Crippen molar-refractivity contribution in [2.75, 3.05) is 19.2 Å². The van der Waals surface area contributed by atoms with E-state index in [9.17, 15) is 4.79 Å². The van der Waals surface area contributed by atoms with E-state index in [2.05, 4.69) is 21.4 Å². The van der Waals surface area contributed by atoms with Crippen molar-refractivity contribution in [2.45, 2.75) is 0 Å². The van der Waals surface area contributed by atoms with E-state index in [1.54, 1.807) is 24.7 Å². The predicted octanol–water partition coefficient (Wildman–Crippen LogP) is 1.47. The number of hydrogen-bond donors (Lipinski definition) is 0. The molecule has 0 aromatic carbocycles. The summed E-state index contributed by atoms with van der Waals surface area (Å²) in [6.45, 7) is 3.78. The molecule has 0 saturated carbocycles. The zero-order valence-corrected chi connectivity index (χ0v) is 10.7. The zero-order chi connectivity index (χ0) is 13.8. The van der Waals surface area contributed by atoms with Gasteiger partial charge in [0.05, 0.1) is 32.3 Å². The Labute approximate surface area is 110 Å². The number of carbonyl (C=O) groups is 1. The number of rotatable bonds is 3. The number of methoxy groups -OCH3 is 2. The van der Waals surface area contributed by atoms with Crippen LogP contribution in [0, 0.1) is 0 Å². The van der Waals surface area contributed by atoms with Gasteiger partial charge in [0.25, 0.3) is 0 Å². The average Bonchev–Trinajstić information content (AvgIpc) is 2.47. The fraction of sp³-hybridized carbons (Fsp3) is 0.154. The summed E-state index contributed by atoms with van der Waals surface area (Å²) in [6.07, 6.45) is 4.90. The maximum absolute atomic E-state index is 11.7. The number of pyridine rings is 1. The van der Waals surface area contributed by atoms with Gasteiger partial charge in [-0.15, -0.1) is 0 Å². The molecule has 0 aliphatic carbocycles. The highest BCUT2D eigenvalue weighted by Gasteiger charge is 2.26. The maximum Gasteiger partial charge on any atom is 0.359 e. The molecule has 19 heavy (non-hydrogen) atoms. The SMILES string of the molecule is C=C1C(OC)=CN(c2cccnc2)N=C1C(=O)OC. The van der Waals surface area contributed by atoms with Crippen LogP contribution in [0.3, 0.4) is 0 Å². The maximum atomic E-state index is 11.7. The number of hydrogen-bond acceptors (Lipinski definition) is 6. The number of ether oxygens (including phenoxy) is 2. The summed E-state index contributed by atoms with van der Waals surface area (Å²) in [5, 5.41) is 5.67. The van der Waals surface area contributed by atoms with Crippen LogP contribution < -0.4 is 5.01 Å². The van der Waals surface area contributed by atoms with E-state index in [-0.39, 0.29) is 5.71 Å². The first-order valence-corrected chi connectivity index (χ1v) is 5.49. The van der Waals surface area contributed by atoms with Crippen LogP contribution in [0.5, 0.6) is 0 Å². The second-order valence-corrected chi connectivity index (χ2v) is 3.67. The molecule has 6 heteroatoms. The third-order valence-corrected chi connectivity index (χ3v) is 2.54. The minimum absolute atomic E-state index is 0.103. The molecule has 0 amide bonds. The van der Waals surface area contributed by atoms with Crippen molar-refractivity contribution >= 4 is 17.4 Å². The molecule has 2 rings (SSSR count). The second kappa shape index (κ2) is 5.34. The van der Waals surface area contributed by atoms with Crippen LogP contribution in [0.15, 0.2) is 53.7 Å². The topological polar surface area (TPSA) is 64.0 Å². The Hall–Kier alpha value is -2.63. The van der Waals surface area contributed by atoms with Crippen molar-refractivity contribution < 1.29 is 14.3 Å². The van der Waals surface area contributed by atoms with E-state index in [1.165, 1.54) is 19.2 Å². The van der Waals surface area contributed by atoms with Gasteiger partial charge in [0.2, 0.25) is 0 Å². The summed E-state index contributed by atoms with van der Waals surface area (Å²) in [6, 6.07) is 3.58. The number of nitrogens with zero attached hydrogens (tertiary/aromatic N) is 3. The molecule has 1 aromatic rings. The van der Waals surface area contributed by atoms with Crippen LogP contribution >= 0.6 is 0 Å². The lowest BCUT2D eigenvalue weighted by Crippen LogP contribution is -2.28. The largest absolute Gasteiger partial charge is 0.494 e. The normalized spacial score (nSPS) is 14.6. The quantitative estimate of drug-likeness (QED) is 0.769. The zero-order valence-electron chi connectivity index (χ0n) is 10.7. The lowest BCUT2D eigenvalue weighted by Gasteiger charge is -2.23. The van der Waals surface area contributed by atoms with E-state index < -0.39 is 5.97 Å². The van der Waals surface area contributed by atoms with Crippen molar-refractivity contribution in [1.82, 2.24) is 4.98 Å². The van der Waals surface area contributed by atoms with Gasteiger partial charge in [-0.05, 0) is 12.1 Å². The molecule has 0 bridgehead atoms. The molecule has 0 saturated heterocycles. The fourth-order valence-corrected chi connectivity index (χ4v) is 1.56. The smallest absolute Gasteiger partial charge is 0.359 e. The van der Waals surface area contributed by atoms with Gasteiger partial charge >= 0.3 is 5.97 Å². The van der Waals surface area contributed by atoms with Crippen LogP contribution in [-0.2, 0) is 14.3 Å². The Bertz CT molecular complexity index is 564. The summed E-state index contributed by atoms with van der Waals surface area (Å²) in [4.78, 5) is 15.7. The molecule has 1 aliphatic heterocycles. The number of esters is 1. The van der Waals surface area contributed by atoms with E-state index in [4.69, 9.17) is 4.74 Å². The monoisotopic (exact) mass is 259 g/mol. The van der Waals surface area contributed by atoms with Crippen LogP contribution in [0.4, 0.5) is 5.69 Å². The number of anilines is 1. The Kier molecular flexibility index (Phi) is 3.61. The molecular weight excluding hydrogens is 246 g/mol. The first kappa shape index (κ1) is 12.8. The number of hydrazone groups is 1. The van der Waals surface area contributed by atoms with Gasteiger partial charge in [-0.2, -0.15) is 5.10 Å². The van der Waals surface area contributed by atoms with Crippen molar-refractivity contribution in [1.29, 1.82) is 0 Å². The highest BCUT2D eigenvalue weighted by Crippen LogP contribution is 2.23. The molecule has 98 valence electrons. The molecule has 0 fully saturated rings. The van der Waals surface area contributed by atoms with E-state index >= 15 is 0 Å².